The SMILES string of the molecule is CCCCCC[N+]1(F)C=C(F)N(C)C1(C)F. The maximum Gasteiger partial charge on any atom is 0.362 e. The monoisotopic (exact) mass is 237 g/mol. The molecule has 94 valence electrons. The highest BCUT2D eigenvalue weighted by Crippen LogP contribution is 2.41. The minimum Gasteiger partial charge on any atom is -0.264 e. The lowest BCUT2D eigenvalue weighted by Gasteiger charge is -2.32. The zero-order chi connectivity index (χ0) is 12.4. The van der Waals surface area contributed by atoms with Crippen LogP contribution in [-0.4, -0.2) is 29.1 Å². The summed E-state index contributed by atoms with van der Waals surface area (Å²) >= 11 is 0. The standard InChI is InChI=1S/C11H20F3N2/c1-4-5-6-7-8-16(14)9-10(12)15(3)11(16,2)13/h9H,4-8H2,1-3H3/q+1. The van der Waals surface area contributed by atoms with Gasteiger partial charge in [0.25, 0.3) is 5.95 Å². The van der Waals surface area contributed by atoms with Crippen LogP contribution >= 0.6 is 0 Å². The van der Waals surface area contributed by atoms with Crippen LogP contribution in [0.5, 0.6) is 0 Å². The van der Waals surface area contributed by atoms with Crippen LogP contribution in [0.25, 0.3) is 0 Å². The van der Waals surface area contributed by atoms with Gasteiger partial charge in [-0.05, 0) is 11.1 Å². The van der Waals surface area contributed by atoms with E-state index in [1.807, 2.05) is 6.92 Å². The molecule has 0 saturated heterocycles. The molecule has 0 spiro atoms. The third-order valence-corrected chi connectivity index (χ3v) is 3.26. The molecule has 0 amide bonds. The summed E-state index contributed by atoms with van der Waals surface area (Å²) in [6.07, 6.45) is 4.14. The van der Waals surface area contributed by atoms with Gasteiger partial charge in [0.2, 0.25) is 0 Å². The fourth-order valence-corrected chi connectivity index (χ4v) is 1.85. The predicted molar refractivity (Wildman–Crippen MR) is 56.8 cm³/mol. The molecule has 0 radical (unpaired) electrons. The molecule has 0 fully saturated rings. The summed E-state index contributed by atoms with van der Waals surface area (Å²) in [6, 6.07) is 0. The average Bonchev–Trinajstić information content (AvgIpc) is 2.36. The summed E-state index contributed by atoms with van der Waals surface area (Å²) in [5, 5.41) is 0. The van der Waals surface area contributed by atoms with Crippen LogP contribution in [-0.2, 0) is 0 Å². The number of rotatable bonds is 5. The third kappa shape index (κ3) is 2.19. The molecule has 16 heavy (non-hydrogen) atoms. The van der Waals surface area contributed by atoms with Gasteiger partial charge in [0.1, 0.15) is 6.54 Å². The minimum absolute atomic E-state index is 0.0231. The smallest absolute Gasteiger partial charge is 0.264 e. The molecule has 2 nitrogen and oxygen atoms in total. The molecule has 0 saturated carbocycles. The van der Waals surface area contributed by atoms with Crippen molar-refractivity contribution in [3.8, 4) is 0 Å². The molecule has 1 aliphatic rings. The van der Waals surface area contributed by atoms with Crippen LogP contribution in [0, 0.1) is 0 Å². The molecular weight excluding hydrogens is 217 g/mol. The van der Waals surface area contributed by atoms with Gasteiger partial charge in [0.15, 0.2) is 6.20 Å². The highest BCUT2D eigenvalue weighted by atomic mass is 19.2. The number of halogens is 3. The van der Waals surface area contributed by atoms with Crippen LogP contribution < -0.4 is 0 Å². The van der Waals surface area contributed by atoms with Gasteiger partial charge in [0, 0.05) is 24.9 Å². The number of nitrogens with zero attached hydrogens (tertiary/aromatic N) is 2. The number of hydrogen-bond donors (Lipinski definition) is 0. The van der Waals surface area contributed by atoms with Crippen molar-refractivity contribution in [2.24, 2.45) is 0 Å². The van der Waals surface area contributed by atoms with Gasteiger partial charge < -0.3 is 0 Å². The molecule has 1 heterocycles. The fraction of sp³-hybridized carbons (Fsp3) is 0.818. The maximum absolute atomic E-state index is 14.2. The third-order valence-electron chi connectivity index (χ3n) is 3.26. The molecule has 0 bridgehead atoms. The molecule has 1 aliphatic heterocycles. The summed E-state index contributed by atoms with van der Waals surface area (Å²) < 4.78 is 40.0. The van der Waals surface area contributed by atoms with E-state index < -0.39 is 16.6 Å². The van der Waals surface area contributed by atoms with Crippen LogP contribution in [0.15, 0.2) is 12.2 Å². The summed E-state index contributed by atoms with van der Waals surface area (Å²) in [6.45, 7) is 3.09. The van der Waals surface area contributed by atoms with Gasteiger partial charge in [-0.3, -0.25) is 4.90 Å². The molecule has 5 heteroatoms. The molecular formula is C11H20F3N2+. The van der Waals surface area contributed by atoms with Gasteiger partial charge in [-0.2, -0.15) is 8.78 Å². The first-order valence-electron chi connectivity index (χ1n) is 5.74. The van der Waals surface area contributed by atoms with E-state index in [1.165, 1.54) is 7.05 Å². The van der Waals surface area contributed by atoms with E-state index in [1.54, 1.807) is 0 Å². The molecule has 0 aromatic rings. The fourth-order valence-electron chi connectivity index (χ4n) is 1.85. The minimum atomic E-state index is -2.34. The highest BCUT2D eigenvalue weighted by Gasteiger charge is 2.59. The van der Waals surface area contributed by atoms with Crippen molar-refractivity contribution in [3.05, 3.63) is 12.2 Å². The second-order valence-corrected chi connectivity index (χ2v) is 4.47. The number of alkyl halides is 1. The van der Waals surface area contributed by atoms with Gasteiger partial charge in [-0.15, -0.1) is 0 Å². The van der Waals surface area contributed by atoms with Crippen molar-refractivity contribution >= 4 is 0 Å². The van der Waals surface area contributed by atoms with Crippen molar-refractivity contribution in [1.29, 1.82) is 0 Å². The Labute approximate surface area is 94.9 Å². The molecule has 2 unspecified atom stereocenters. The van der Waals surface area contributed by atoms with Crippen molar-refractivity contribution in [3.63, 3.8) is 0 Å². The van der Waals surface area contributed by atoms with Crippen molar-refractivity contribution < 1.29 is 18.0 Å². The molecule has 0 N–H and O–H groups in total. The highest BCUT2D eigenvalue weighted by molar-refractivity contribution is 4.94. The lowest BCUT2D eigenvalue weighted by atomic mass is 10.2. The van der Waals surface area contributed by atoms with E-state index in [0.717, 1.165) is 26.2 Å². The van der Waals surface area contributed by atoms with E-state index in [2.05, 4.69) is 0 Å². The Kier molecular flexibility index (Phi) is 3.88. The lowest BCUT2D eigenvalue weighted by molar-refractivity contribution is -1.07. The lowest BCUT2D eigenvalue weighted by Crippen LogP contribution is -2.55. The quantitative estimate of drug-likeness (QED) is 0.401. The molecule has 0 aromatic carbocycles. The Balaban J connectivity index is 2.62. The van der Waals surface area contributed by atoms with Gasteiger partial charge in [-0.25, -0.2) is 0 Å². The van der Waals surface area contributed by atoms with E-state index in [4.69, 9.17) is 0 Å². The maximum atomic E-state index is 14.2. The number of unbranched alkanes of at least 4 members (excludes halogenated alkanes) is 3. The number of quaternary nitrogens is 1. The Morgan fingerprint density at radius 2 is 2.00 bits per heavy atom. The summed E-state index contributed by atoms with van der Waals surface area (Å²) in [4.78, 5) is 0.701. The van der Waals surface area contributed by atoms with Crippen LogP contribution in [0.4, 0.5) is 13.3 Å². The van der Waals surface area contributed by atoms with E-state index in [0.29, 0.717) is 17.5 Å². The van der Waals surface area contributed by atoms with Gasteiger partial charge in [0.05, 0.1) is 0 Å². The van der Waals surface area contributed by atoms with E-state index in [9.17, 15) is 13.3 Å². The molecule has 2 atom stereocenters. The Morgan fingerprint density at radius 3 is 2.44 bits per heavy atom. The Morgan fingerprint density at radius 1 is 1.38 bits per heavy atom. The van der Waals surface area contributed by atoms with Crippen molar-refractivity contribution in [2.75, 3.05) is 13.6 Å². The molecule has 0 aliphatic carbocycles. The molecule has 1 rings (SSSR count). The molecule has 0 aromatic heterocycles. The Bertz CT molecular complexity index is 278. The summed E-state index contributed by atoms with van der Waals surface area (Å²) in [7, 11) is 1.22. The topological polar surface area (TPSA) is 3.24 Å². The first kappa shape index (κ1) is 13.4. The number of hydrogen-bond acceptors (Lipinski definition) is 1. The average molecular weight is 237 g/mol. The van der Waals surface area contributed by atoms with Crippen LogP contribution in [0.3, 0.4) is 0 Å². The van der Waals surface area contributed by atoms with Gasteiger partial charge >= 0.3 is 5.92 Å². The Hall–Kier alpha value is -0.710. The summed E-state index contributed by atoms with van der Waals surface area (Å²) in [5.74, 6) is -3.18. The first-order chi connectivity index (χ1) is 7.35. The second kappa shape index (κ2) is 4.65. The van der Waals surface area contributed by atoms with Crippen molar-refractivity contribution in [1.82, 2.24) is 4.90 Å². The van der Waals surface area contributed by atoms with E-state index >= 15 is 0 Å². The van der Waals surface area contributed by atoms with Gasteiger partial charge in [-0.1, -0.05) is 19.8 Å². The van der Waals surface area contributed by atoms with Crippen LogP contribution in [0.2, 0.25) is 0 Å². The first-order valence-corrected chi connectivity index (χ1v) is 5.74. The second-order valence-electron chi connectivity index (χ2n) is 4.47. The largest absolute Gasteiger partial charge is 0.362 e. The zero-order valence-corrected chi connectivity index (χ0v) is 10.1. The zero-order valence-electron chi connectivity index (χ0n) is 10.1. The predicted octanol–water partition coefficient (Wildman–Crippen LogP) is 3.63. The normalized spacial score (nSPS) is 34.4. The van der Waals surface area contributed by atoms with Crippen molar-refractivity contribution in [2.45, 2.75) is 45.4 Å². The van der Waals surface area contributed by atoms with Crippen LogP contribution in [0.1, 0.15) is 39.5 Å². The van der Waals surface area contributed by atoms with E-state index in [-0.39, 0.29) is 6.54 Å². The summed E-state index contributed by atoms with van der Waals surface area (Å²) in [5.41, 5.74) is 0.